The molecule has 132 valence electrons. The van der Waals surface area contributed by atoms with Gasteiger partial charge in [-0.05, 0) is 17.9 Å². The van der Waals surface area contributed by atoms with Crippen molar-refractivity contribution in [1.29, 1.82) is 5.26 Å². The van der Waals surface area contributed by atoms with E-state index in [0.29, 0.717) is 35.4 Å². The molecular weight excluding hydrogens is 330 g/mol. The highest BCUT2D eigenvalue weighted by Crippen LogP contribution is 2.57. The maximum absolute atomic E-state index is 13.5. The lowest BCUT2D eigenvalue weighted by molar-refractivity contribution is -0.130. The Morgan fingerprint density at radius 3 is 2.62 bits per heavy atom. The smallest absolute Gasteiger partial charge is 0.247 e. The zero-order valence-corrected chi connectivity index (χ0v) is 14.9. The summed E-state index contributed by atoms with van der Waals surface area (Å²) >= 11 is 0. The van der Waals surface area contributed by atoms with E-state index in [4.69, 9.17) is 10.5 Å². The largest absolute Gasteiger partial charge is 0.440 e. The summed E-state index contributed by atoms with van der Waals surface area (Å²) in [5.74, 6) is -0.175. The van der Waals surface area contributed by atoms with Crippen LogP contribution in [0.25, 0.3) is 0 Å². The molecule has 0 bridgehead atoms. The Hall–Kier alpha value is -3.07. The van der Waals surface area contributed by atoms with Crippen molar-refractivity contribution in [3.05, 3.63) is 52.6 Å². The molecule has 6 nitrogen and oxygen atoms in total. The number of amides is 1. The number of nitrogens with two attached hydrogens (primary N) is 1. The van der Waals surface area contributed by atoms with Gasteiger partial charge in [-0.25, -0.2) is 0 Å². The highest BCUT2D eigenvalue weighted by molar-refractivity contribution is 6.15. The first-order chi connectivity index (χ1) is 12.2. The van der Waals surface area contributed by atoms with Crippen LogP contribution in [0.15, 0.2) is 47.0 Å². The second-order valence-electron chi connectivity index (χ2n) is 7.83. The van der Waals surface area contributed by atoms with Gasteiger partial charge in [-0.1, -0.05) is 32.0 Å². The van der Waals surface area contributed by atoms with Crippen molar-refractivity contribution in [3.8, 4) is 11.8 Å². The Balaban J connectivity index is 2.12. The maximum atomic E-state index is 13.5. The van der Waals surface area contributed by atoms with E-state index in [0.717, 1.165) is 0 Å². The van der Waals surface area contributed by atoms with Gasteiger partial charge in [-0.15, -0.1) is 0 Å². The molecular formula is C20H19N3O3. The van der Waals surface area contributed by atoms with Crippen molar-refractivity contribution in [1.82, 2.24) is 4.90 Å². The number of nitrogens with zero attached hydrogens (tertiary/aromatic N) is 2. The Morgan fingerprint density at radius 1 is 1.23 bits per heavy atom. The van der Waals surface area contributed by atoms with Crippen molar-refractivity contribution in [3.63, 3.8) is 0 Å². The zero-order valence-electron chi connectivity index (χ0n) is 14.9. The van der Waals surface area contributed by atoms with Crippen molar-refractivity contribution >= 4 is 11.7 Å². The molecule has 1 aromatic rings. The number of hydrogen-bond donors (Lipinski definition) is 1. The molecule has 1 aliphatic carbocycles. The lowest BCUT2D eigenvalue weighted by Crippen LogP contribution is -2.46. The first-order valence-corrected chi connectivity index (χ1v) is 8.46. The number of Topliss-reactive ketones (excluding diaryl/α,β-unsaturated/α-hetero) is 1. The van der Waals surface area contributed by atoms with Gasteiger partial charge in [0.05, 0.1) is 0 Å². The van der Waals surface area contributed by atoms with Gasteiger partial charge in [0.15, 0.2) is 5.78 Å². The molecule has 3 aliphatic rings. The molecule has 0 fully saturated rings. The van der Waals surface area contributed by atoms with Gasteiger partial charge in [0, 0.05) is 30.3 Å². The summed E-state index contributed by atoms with van der Waals surface area (Å²) in [6.45, 7) is 4.01. The first kappa shape index (κ1) is 16.4. The standard InChI is InChI=1S/C20H19N3O3/c1-19(2)8-13-16(14(24)9-19)20(18(25)23(13)3)11-6-4-5-7-15(11)26-17(22)12(20)10-21/h4-7H,8-9,22H2,1-3H3. The van der Waals surface area contributed by atoms with Crippen LogP contribution in [-0.4, -0.2) is 23.6 Å². The number of carbonyl (C=O) groups excluding carboxylic acids is 2. The molecule has 2 aliphatic heterocycles. The van der Waals surface area contributed by atoms with Crippen LogP contribution < -0.4 is 10.5 Å². The van der Waals surface area contributed by atoms with Crippen molar-refractivity contribution in [2.45, 2.75) is 32.1 Å². The number of likely N-dealkylation sites (N-methyl/N-ethyl adjacent to an activating group) is 1. The van der Waals surface area contributed by atoms with Crippen LogP contribution in [0.1, 0.15) is 32.3 Å². The normalized spacial score (nSPS) is 26.6. The van der Waals surface area contributed by atoms with Crippen LogP contribution in [0.2, 0.25) is 0 Å². The number of para-hydroxylation sites is 1. The third-order valence-electron chi connectivity index (χ3n) is 5.50. The van der Waals surface area contributed by atoms with Gasteiger partial charge in [-0.2, -0.15) is 5.26 Å². The highest BCUT2D eigenvalue weighted by atomic mass is 16.5. The Kier molecular flexibility index (Phi) is 3.14. The third-order valence-corrected chi connectivity index (χ3v) is 5.50. The topological polar surface area (TPSA) is 96.4 Å². The van der Waals surface area contributed by atoms with Gasteiger partial charge in [0.25, 0.3) is 0 Å². The fraction of sp³-hybridized carbons (Fsp3) is 0.350. The number of hydrogen-bond acceptors (Lipinski definition) is 5. The molecule has 26 heavy (non-hydrogen) atoms. The Labute approximate surface area is 151 Å². The van der Waals surface area contributed by atoms with Crippen LogP contribution in [0.4, 0.5) is 0 Å². The number of allylic oxidation sites excluding steroid dienone is 1. The number of nitriles is 1. The lowest BCUT2D eigenvalue weighted by atomic mass is 9.63. The van der Waals surface area contributed by atoms with E-state index in [1.54, 1.807) is 31.3 Å². The molecule has 1 aromatic carbocycles. The molecule has 6 heteroatoms. The molecule has 0 saturated carbocycles. The molecule has 0 saturated heterocycles. The SMILES string of the molecule is CN1C(=O)C2(C(C#N)=C(N)Oc3ccccc32)C2=C1CC(C)(C)CC2=O. The van der Waals surface area contributed by atoms with E-state index in [9.17, 15) is 14.9 Å². The third kappa shape index (κ3) is 1.80. The minimum Gasteiger partial charge on any atom is -0.440 e. The monoisotopic (exact) mass is 349 g/mol. The summed E-state index contributed by atoms with van der Waals surface area (Å²) in [7, 11) is 1.66. The quantitative estimate of drug-likeness (QED) is 0.774. The molecule has 0 radical (unpaired) electrons. The average molecular weight is 349 g/mol. The van der Waals surface area contributed by atoms with Crippen LogP contribution in [0.5, 0.6) is 5.75 Å². The van der Waals surface area contributed by atoms with Gasteiger partial charge >= 0.3 is 0 Å². The number of fused-ring (bicyclic) bond motifs is 3. The van der Waals surface area contributed by atoms with Crippen LogP contribution in [-0.2, 0) is 15.0 Å². The summed E-state index contributed by atoms with van der Waals surface area (Å²) in [6.07, 6.45) is 0.899. The minimum atomic E-state index is -1.51. The van der Waals surface area contributed by atoms with Crippen LogP contribution >= 0.6 is 0 Å². The number of rotatable bonds is 0. The molecule has 1 atom stereocenters. The molecule has 1 spiro atoms. The predicted molar refractivity (Wildman–Crippen MR) is 93.4 cm³/mol. The van der Waals surface area contributed by atoms with Gasteiger partial charge in [0.2, 0.25) is 11.8 Å². The fourth-order valence-corrected chi connectivity index (χ4v) is 4.46. The summed E-state index contributed by atoms with van der Waals surface area (Å²) in [5.41, 5.74) is 5.80. The number of ether oxygens (including phenoxy) is 1. The van der Waals surface area contributed by atoms with Crippen molar-refractivity contribution < 1.29 is 14.3 Å². The minimum absolute atomic E-state index is 0.00824. The fourth-order valence-electron chi connectivity index (χ4n) is 4.46. The summed E-state index contributed by atoms with van der Waals surface area (Å²) in [4.78, 5) is 28.2. The molecule has 1 unspecified atom stereocenters. The second kappa shape index (κ2) is 4.98. The lowest BCUT2D eigenvalue weighted by Gasteiger charge is -2.37. The van der Waals surface area contributed by atoms with Gasteiger partial charge < -0.3 is 15.4 Å². The maximum Gasteiger partial charge on any atom is 0.247 e. The molecule has 4 rings (SSSR count). The van der Waals surface area contributed by atoms with E-state index in [1.165, 1.54) is 4.90 Å². The first-order valence-electron chi connectivity index (χ1n) is 8.46. The number of benzene rings is 1. The van der Waals surface area contributed by atoms with Crippen LogP contribution in [0.3, 0.4) is 0 Å². The number of carbonyl (C=O) groups is 2. The van der Waals surface area contributed by atoms with E-state index in [2.05, 4.69) is 0 Å². The Bertz CT molecular complexity index is 980. The Morgan fingerprint density at radius 2 is 1.92 bits per heavy atom. The highest BCUT2D eigenvalue weighted by Gasteiger charge is 2.62. The summed E-state index contributed by atoms with van der Waals surface area (Å²) < 4.78 is 5.59. The van der Waals surface area contributed by atoms with Gasteiger partial charge in [-0.3, -0.25) is 9.59 Å². The average Bonchev–Trinajstić information content (AvgIpc) is 2.77. The molecule has 0 aromatic heterocycles. The number of ketones is 1. The van der Waals surface area contributed by atoms with E-state index >= 15 is 0 Å². The second-order valence-corrected chi connectivity index (χ2v) is 7.83. The van der Waals surface area contributed by atoms with Gasteiger partial charge in [0.1, 0.15) is 22.8 Å². The molecule has 2 N–H and O–H groups in total. The van der Waals surface area contributed by atoms with E-state index < -0.39 is 5.41 Å². The predicted octanol–water partition coefficient (Wildman–Crippen LogP) is 2.13. The van der Waals surface area contributed by atoms with E-state index in [1.807, 2.05) is 19.9 Å². The van der Waals surface area contributed by atoms with Crippen molar-refractivity contribution in [2.24, 2.45) is 11.1 Å². The molecule has 2 heterocycles. The molecule has 1 amide bonds. The van der Waals surface area contributed by atoms with E-state index in [-0.39, 0.29) is 28.6 Å². The van der Waals surface area contributed by atoms with Crippen LogP contribution in [0, 0.1) is 16.7 Å². The van der Waals surface area contributed by atoms with Crippen molar-refractivity contribution in [2.75, 3.05) is 7.05 Å². The summed E-state index contributed by atoms with van der Waals surface area (Å²) in [5, 5.41) is 9.82. The zero-order chi connectivity index (χ0) is 18.9. The summed E-state index contributed by atoms with van der Waals surface area (Å²) in [6, 6.07) is 9.01.